The normalized spacial score (nSPS) is 20.3. The van der Waals surface area contributed by atoms with E-state index in [9.17, 15) is 24.3 Å². The van der Waals surface area contributed by atoms with Crippen LogP contribution in [0, 0.1) is 17.8 Å². The van der Waals surface area contributed by atoms with Crippen LogP contribution in [0.1, 0.15) is 38.3 Å². The first kappa shape index (κ1) is 30.5. The van der Waals surface area contributed by atoms with Gasteiger partial charge in [0.2, 0.25) is 0 Å². The molecule has 3 rings (SSSR count). The maximum Gasteiger partial charge on any atom is 0.410 e. The second-order valence-electron chi connectivity index (χ2n) is 11.0. The molecule has 1 fully saturated rings. The number of carboxylic acid groups (broad SMARTS) is 1. The highest BCUT2D eigenvalue weighted by Crippen LogP contribution is 2.41. The Morgan fingerprint density at radius 3 is 2.02 bits per heavy atom. The van der Waals surface area contributed by atoms with Crippen molar-refractivity contribution in [1.29, 1.82) is 0 Å². The summed E-state index contributed by atoms with van der Waals surface area (Å²) >= 11 is 0. The first-order valence-electron chi connectivity index (χ1n) is 13.2. The maximum atomic E-state index is 13.4. The average molecular weight is 555 g/mol. The number of esters is 1. The zero-order chi connectivity index (χ0) is 29.4. The zero-order valence-electron chi connectivity index (χ0n) is 23.6. The Kier molecular flexibility index (Phi) is 10.1. The lowest BCUT2D eigenvalue weighted by Gasteiger charge is -2.36. The van der Waals surface area contributed by atoms with E-state index in [1.54, 1.807) is 20.8 Å². The van der Waals surface area contributed by atoms with Crippen molar-refractivity contribution in [1.82, 2.24) is 9.80 Å². The molecule has 0 heterocycles. The van der Waals surface area contributed by atoms with E-state index in [1.807, 2.05) is 60.7 Å². The van der Waals surface area contributed by atoms with Gasteiger partial charge in [0, 0.05) is 20.1 Å². The predicted molar refractivity (Wildman–Crippen MR) is 146 cm³/mol. The smallest absolute Gasteiger partial charge is 0.410 e. The summed E-state index contributed by atoms with van der Waals surface area (Å²) in [4.78, 5) is 54.4. The Labute approximate surface area is 234 Å². The van der Waals surface area contributed by atoms with E-state index in [-0.39, 0.29) is 26.1 Å². The third-order valence-electron chi connectivity index (χ3n) is 6.89. The summed E-state index contributed by atoms with van der Waals surface area (Å²) in [6.07, 6.45) is -1.26. The quantitative estimate of drug-likeness (QED) is 0.353. The highest BCUT2D eigenvalue weighted by molar-refractivity contribution is 5.83. The predicted octanol–water partition coefficient (Wildman–Crippen LogP) is 4.57. The molecular weight excluding hydrogens is 516 g/mol. The summed E-state index contributed by atoms with van der Waals surface area (Å²) in [6.45, 7) is 5.43. The van der Waals surface area contributed by atoms with Crippen LogP contribution in [-0.4, -0.2) is 71.4 Å². The molecule has 2 aromatic carbocycles. The molecule has 1 N–H and O–H groups in total. The van der Waals surface area contributed by atoms with Gasteiger partial charge < -0.3 is 29.1 Å². The fourth-order valence-electron chi connectivity index (χ4n) is 5.13. The van der Waals surface area contributed by atoms with Crippen LogP contribution in [0.25, 0.3) is 0 Å². The Hall–Kier alpha value is -4.08. The first-order chi connectivity index (χ1) is 18.9. The number of rotatable bonds is 9. The van der Waals surface area contributed by atoms with Gasteiger partial charge in [-0.3, -0.25) is 9.59 Å². The van der Waals surface area contributed by atoms with Crippen LogP contribution in [0.15, 0.2) is 60.7 Å². The van der Waals surface area contributed by atoms with Crippen LogP contribution in [0.2, 0.25) is 0 Å². The molecule has 1 aliphatic carbocycles. The number of benzene rings is 2. The molecule has 0 aromatic heterocycles. The molecule has 10 heteroatoms. The van der Waals surface area contributed by atoms with Crippen LogP contribution in [0.3, 0.4) is 0 Å². The summed E-state index contributed by atoms with van der Waals surface area (Å²) in [5.74, 6) is -4.77. The number of aliphatic carboxylic acids is 1. The summed E-state index contributed by atoms with van der Waals surface area (Å²) in [5.41, 5.74) is 0.844. The molecule has 2 aromatic rings. The van der Waals surface area contributed by atoms with Gasteiger partial charge >= 0.3 is 24.1 Å². The number of ether oxygens (including phenoxy) is 3. The van der Waals surface area contributed by atoms with Crippen molar-refractivity contribution in [2.45, 2.75) is 52.0 Å². The standard InChI is InChI=1S/C30H38N2O8/c1-30(2,3)40-28(36)31(4)25-22(16-23(26(33)34)24(25)27(35)38-5)18-32(17-20-12-8-6-9-13-20)29(37)39-19-21-14-10-7-11-15-21/h6-15,22-25H,16-19H2,1-5H3,(H,33,34)/t22-,23?,24-,25-/m0/s1. The third kappa shape index (κ3) is 7.97. The number of hydrogen-bond donors (Lipinski definition) is 1. The Morgan fingerprint density at radius 2 is 1.50 bits per heavy atom. The SMILES string of the molecule is COC(=O)[C@H]1C(C(=O)O)C[C@@H](CN(Cc2ccccc2)C(=O)OCc2ccccc2)[C@@H]1N(C)C(=O)OC(C)(C)C. The molecule has 2 amide bonds. The minimum atomic E-state index is -1.18. The molecule has 1 aliphatic rings. The summed E-state index contributed by atoms with van der Waals surface area (Å²) in [7, 11) is 2.66. The Morgan fingerprint density at radius 1 is 0.925 bits per heavy atom. The average Bonchev–Trinajstić information content (AvgIpc) is 3.30. The van der Waals surface area contributed by atoms with Gasteiger partial charge in [-0.15, -0.1) is 0 Å². The lowest BCUT2D eigenvalue weighted by molar-refractivity contribution is -0.156. The van der Waals surface area contributed by atoms with Gasteiger partial charge in [0.15, 0.2) is 0 Å². The number of carboxylic acids is 1. The summed E-state index contributed by atoms with van der Waals surface area (Å²) in [5, 5.41) is 10.0. The minimum Gasteiger partial charge on any atom is -0.481 e. The van der Waals surface area contributed by atoms with E-state index >= 15 is 0 Å². The highest BCUT2D eigenvalue weighted by atomic mass is 16.6. The third-order valence-corrected chi connectivity index (χ3v) is 6.89. The molecule has 0 saturated heterocycles. The van der Waals surface area contributed by atoms with Gasteiger partial charge in [0.1, 0.15) is 12.2 Å². The molecule has 1 unspecified atom stereocenters. The Balaban J connectivity index is 1.93. The number of amides is 2. The number of nitrogens with zero attached hydrogens (tertiary/aromatic N) is 2. The molecule has 0 bridgehead atoms. The second-order valence-corrected chi connectivity index (χ2v) is 11.0. The molecule has 40 heavy (non-hydrogen) atoms. The fourth-order valence-corrected chi connectivity index (χ4v) is 5.13. The van der Waals surface area contributed by atoms with Crippen molar-refractivity contribution < 1.29 is 38.5 Å². The highest BCUT2D eigenvalue weighted by Gasteiger charge is 2.54. The topological polar surface area (TPSA) is 123 Å². The van der Waals surface area contributed by atoms with E-state index in [2.05, 4.69) is 0 Å². The maximum absolute atomic E-state index is 13.4. The summed E-state index contributed by atoms with van der Waals surface area (Å²) in [6, 6.07) is 17.7. The van der Waals surface area contributed by atoms with Gasteiger partial charge in [-0.2, -0.15) is 0 Å². The van der Waals surface area contributed by atoms with Crippen molar-refractivity contribution in [2.24, 2.45) is 17.8 Å². The van der Waals surface area contributed by atoms with Gasteiger partial charge in [-0.05, 0) is 44.2 Å². The van der Waals surface area contributed by atoms with Gasteiger partial charge in [0.05, 0.1) is 25.0 Å². The fraction of sp³-hybridized carbons (Fsp3) is 0.467. The molecule has 4 atom stereocenters. The van der Waals surface area contributed by atoms with Crippen LogP contribution in [0.5, 0.6) is 0 Å². The van der Waals surface area contributed by atoms with E-state index < -0.39 is 53.5 Å². The van der Waals surface area contributed by atoms with Crippen molar-refractivity contribution in [2.75, 3.05) is 20.7 Å². The molecule has 10 nitrogen and oxygen atoms in total. The van der Waals surface area contributed by atoms with Crippen LogP contribution in [-0.2, 0) is 37.0 Å². The van der Waals surface area contributed by atoms with E-state index in [1.165, 1.54) is 24.0 Å². The number of carbonyl (C=O) groups is 4. The largest absolute Gasteiger partial charge is 0.481 e. The lowest BCUT2D eigenvalue weighted by atomic mass is 9.92. The Bertz CT molecular complexity index is 1170. The number of methoxy groups -OCH3 is 1. The minimum absolute atomic E-state index is 0.0393. The second kappa shape index (κ2) is 13.3. The number of carbonyl (C=O) groups excluding carboxylic acids is 3. The monoisotopic (exact) mass is 554 g/mol. The van der Waals surface area contributed by atoms with E-state index in [0.29, 0.717) is 0 Å². The van der Waals surface area contributed by atoms with Crippen molar-refractivity contribution in [3.05, 3.63) is 71.8 Å². The molecule has 0 spiro atoms. The van der Waals surface area contributed by atoms with Crippen LogP contribution in [0.4, 0.5) is 9.59 Å². The molecule has 1 saturated carbocycles. The first-order valence-corrected chi connectivity index (χ1v) is 13.2. The van der Waals surface area contributed by atoms with Gasteiger partial charge in [-0.25, -0.2) is 9.59 Å². The number of hydrogen-bond acceptors (Lipinski definition) is 7. The summed E-state index contributed by atoms with van der Waals surface area (Å²) < 4.78 is 16.1. The molecule has 0 radical (unpaired) electrons. The van der Waals surface area contributed by atoms with E-state index in [4.69, 9.17) is 14.2 Å². The van der Waals surface area contributed by atoms with Crippen molar-refractivity contribution in [3.63, 3.8) is 0 Å². The zero-order valence-corrected chi connectivity index (χ0v) is 23.6. The van der Waals surface area contributed by atoms with E-state index in [0.717, 1.165) is 11.1 Å². The van der Waals surface area contributed by atoms with Gasteiger partial charge in [-0.1, -0.05) is 60.7 Å². The van der Waals surface area contributed by atoms with Crippen molar-refractivity contribution in [3.8, 4) is 0 Å². The van der Waals surface area contributed by atoms with Crippen LogP contribution < -0.4 is 0 Å². The molecule has 0 aliphatic heterocycles. The molecule has 216 valence electrons. The van der Waals surface area contributed by atoms with Gasteiger partial charge in [0.25, 0.3) is 0 Å². The molecular formula is C30H38N2O8. The van der Waals surface area contributed by atoms with Crippen LogP contribution >= 0.6 is 0 Å². The van der Waals surface area contributed by atoms with Crippen molar-refractivity contribution >= 4 is 24.1 Å². The lowest BCUT2D eigenvalue weighted by Crippen LogP contribution is -2.50.